The van der Waals surface area contributed by atoms with E-state index in [-0.39, 0.29) is 23.2 Å². The lowest BCUT2D eigenvalue weighted by Crippen LogP contribution is -2.14. The second-order valence-electron chi connectivity index (χ2n) is 4.16. The van der Waals surface area contributed by atoms with Crippen LogP contribution in [0.25, 0.3) is 0 Å². The highest BCUT2D eigenvalue weighted by molar-refractivity contribution is 6.32. The Balaban J connectivity index is 2.03. The van der Waals surface area contributed by atoms with Gasteiger partial charge in [0.2, 0.25) is 5.91 Å². The summed E-state index contributed by atoms with van der Waals surface area (Å²) in [5.41, 5.74) is 1.58. The fourth-order valence-corrected chi connectivity index (χ4v) is 1.90. The zero-order valence-corrected chi connectivity index (χ0v) is 11.1. The predicted octanol–water partition coefficient (Wildman–Crippen LogP) is 3.53. The Kier molecular flexibility index (Phi) is 4.34. The third-order valence-electron chi connectivity index (χ3n) is 2.65. The van der Waals surface area contributed by atoms with E-state index in [1.54, 1.807) is 18.2 Å². The third-order valence-corrected chi connectivity index (χ3v) is 2.96. The van der Waals surface area contributed by atoms with Crippen molar-refractivity contribution in [1.82, 2.24) is 0 Å². The van der Waals surface area contributed by atoms with E-state index in [0.717, 1.165) is 0 Å². The van der Waals surface area contributed by atoms with Crippen LogP contribution in [0.3, 0.4) is 0 Å². The zero-order valence-electron chi connectivity index (χ0n) is 10.4. The average Bonchev–Trinajstić information content (AvgIpc) is 2.41. The highest BCUT2D eigenvalue weighted by Crippen LogP contribution is 2.20. The van der Waals surface area contributed by atoms with Gasteiger partial charge in [-0.2, -0.15) is 5.26 Å². The van der Waals surface area contributed by atoms with Crippen LogP contribution in [0.1, 0.15) is 11.1 Å². The van der Waals surface area contributed by atoms with Gasteiger partial charge >= 0.3 is 0 Å². The van der Waals surface area contributed by atoms with Crippen molar-refractivity contribution < 1.29 is 9.18 Å². The lowest BCUT2D eigenvalue weighted by Gasteiger charge is -2.06. The number of carbonyl (C=O) groups excluding carboxylic acids is 1. The number of benzene rings is 2. The van der Waals surface area contributed by atoms with Crippen molar-refractivity contribution in [3.8, 4) is 6.07 Å². The molecule has 2 aromatic rings. The molecule has 3 nitrogen and oxygen atoms in total. The van der Waals surface area contributed by atoms with E-state index in [1.165, 1.54) is 24.3 Å². The molecule has 0 fully saturated rings. The Morgan fingerprint density at radius 2 is 1.95 bits per heavy atom. The van der Waals surface area contributed by atoms with Crippen LogP contribution in [0.2, 0.25) is 5.02 Å². The number of hydrogen-bond donors (Lipinski definition) is 1. The van der Waals surface area contributed by atoms with Gasteiger partial charge in [-0.05, 0) is 35.9 Å². The minimum Gasteiger partial charge on any atom is -0.326 e. The molecule has 0 radical (unpaired) electrons. The van der Waals surface area contributed by atoms with Crippen LogP contribution in [0, 0.1) is 17.1 Å². The first-order chi connectivity index (χ1) is 9.58. The molecule has 1 N–H and O–H groups in total. The fourth-order valence-electron chi connectivity index (χ4n) is 1.68. The first-order valence-electron chi connectivity index (χ1n) is 5.82. The molecule has 0 spiro atoms. The summed E-state index contributed by atoms with van der Waals surface area (Å²) in [6.45, 7) is 0. The number of rotatable bonds is 3. The molecule has 2 rings (SSSR count). The van der Waals surface area contributed by atoms with Crippen LogP contribution in [0.15, 0.2) is 42.5 Å². The average molecular weight is 289 g/mol. The lowest BCUT2D eigenvalue weighted by molar-refractivity contribution is -0.115. The summed E-state index contributed by atoms with van der Waals surface area (Å²) < 4.78 is 12.7. The monoisotopic (exact) mass is 288 g/mol. The van der Waals surface area contributed by atoms with Gasteiger partial charge in [-0.3, -0.25) is 4.79 Å². The maximum Gasteiger partial charge on any atom is 0.228 e. The Morgan fingerprint density at radius 3 is 2.55 bits per heavy atom. The predicted molar refractivity (Wildman–Crippen MR) is 74.9 cm³/mol. The summed E-state index contributed by atoms with van der Waals surface area (Å²) in [6.07, 6.45) is 0.137. The number of carbonyl (C=O) groups is 1. The summed E-state index contributed by atoms with van der Waals surface area (Å²) in [6, 6.07) is 12.3. The molecule has 2 aromatic carbocycles. The summed E-state index contributed by atoms with van der Waals surface area (Å²) in [4.78, 5) is 11.8. The van der Waals surface area contributed by atoms with Gasteiger partial charge in [0.15, 0.2) is 0 Å². The minimum absolute atomic E-state index is 0.137. The molecule has 0 aromatic heterocycles. The number of halogens is 2. The zero-order chi connectivity index (χ0) is 14.5. The summed E-state index contributed by atoms with van der Waals surface area (Å²) in [5, 5.41) is 11.7. The molecule has 0 aliphatic carbocycles. The van der Waals surface area contributed by atoms with Gasteiger partial charge in [0, 0.05) is 5.69 Å². The van der Waals surface area contributed by atoms with Gasteiger partial charge in [-0.15, -0.1) is 0 Å². The minimum atomic E-state index is -0.340. The molecule has 0 aliphatic heterocycles. The number of nitrogens with zero attached hydrogens (tertiary/aromatic N) is 1. The van der Waals surface area contributed by atoms with Gasteiger partial charge < -0.3 is 5.32 Å². The number of nitrogens with one attached hydrogen (secondary N) is 1. The molecule has 0 unspecified atom stereocenters. The Bertz CT molecular complexity index is 677. The van der Waals surface area contributed by atoms with Gasteiger partial charge in [-0.25, -0.2) is 4.39 Å². The van der Waals surface area contributed by atoms with E-state index in [1.807, 2.05) is 6.07 Å². The van der Waals surface area contributed by atoms with Gasteiger partial charge in [-0.1, -0.05) is 23.7 Å². The molecule has 0 atom stereocenters. The molecule has 20 heavy (non-hydrogen) atoms. The van der Waals surface area contributed by atoms with Crippen molar-refractivity contribution in [3.05, 3.63) is 64.4 Å². The van der Waals surface area contributed by atoms with E-state index < -0.39 is 0 Å². The van der Waals surface area contributed by atoms with Gasteiger partial charge in [0.25, 0.3) is 0 Å². The summed E-state index contributed by atoms with van der Waals surface area (Å²) in [5.74, 6) is -0.578. The number of hydrogen-bond acceptors (Lipinski definition) is 2. The smallest absolute Gasteiger partial charge is 0.228 e. The molecular weight excluding hydrogens is 279 g/mol. The van der Waals surface area contributed by atoms with Crippen molar-refractivity contribution in [3.63, 3.8) is 0 Å². The Labute approximate surface area is 120 Å². The second kappa shape index (κ2) is 6.18. The van der Waals surface area contributed by atoms with E-state index in [9.17, 15) is 9.18 Å². The topological polar surface area (TPSA) is 52.9 Å². The molecular formula is C15H10ClFN2O. The van der Waals surface area contributed by atoms with E-state index in [2.05, 4.69) is 5.32 Å². The molecule has 0 saturated carbocycles. The first kappa shape index (κ1) is 14.0. The second-order valence-corrected chi connectivity index (χ2v) is 4.57. The molecule has 100 valence electrons. The van der Waals surface area contributed by atoms with Gasteiger partial charge in [0.1, 0.15) is 11.9 Å². The van der Waals surface area contributed by atoms with Crippen molar-refractivity contribution in [2.45, 2.75) is 6.42 Å². The highest BCUT2D eigenvalue weighted by atomic mass is 35.5. The normalized spacial score (nSPS) is 9.85. The van der Waals surface area contributed by atoms with Crippen LogP contribution in [0.5, 0.6) is 0 Å². The van der Waals surface area contributed by atoms with Crippen molar-refractivity contribution in [2.75, 3.05) is 5.32 Å². The quantitative estimate of drug-likeness (QED) is 0.939. The number of nitriles is 1. The third kappa shape index (κ3) is 3.56. The maximum absolute atomic E-state index is 12.7. The fraction of sp³-hybridized carbons (Fsp3) is 0.0667. The standard InChI is InChI=1S/C15H10ClFN2O/c16-14-8-13(6-3-11(14)9-18)19-15(20)7-10-1-4-12(17)5-2-10/h1-6,8H,7H2,(H,19,20). The van der Waals surface area contributed by atoms with Crippen LogP contribution < -0.4 is 5.32 Å². The molecule has 5 heteroatoms. The van der Waals surface area contributed by atoms with Crippen LogP contribution in [-0.4, -0.2) is 5.91 Å². The van der Waals surface area contributed by atoms with Crippen LogP contribution in [0.4, 0.5) is 10.1 Å². The molecule has 1 amide bonds. The van der Waals surface area contributed by atoms with Crippen molar-refractivity contribution in [2.24, 2.45) is 0 Å². The molecule has 0 bridgehead atoms. The first-order valence-corrected chi connectivity index (χ1v) is 6.20. The van der Waals surface area contributed by atoms with E-state index in [0.29, 0.717) is 16.8 Å². The largest absolute Gasteiger partial charge is 0.326 e. The van der Waals surface area contributed by atoms with Crippen LogP contribution in [-0.2, 0) is 11.2 Å². The maximum atomic E-state index is 12.7. The Hall–Kier alpha value is -2.38. The molecule has 0 aliphatic rings. The Morgan fingerprint density at radius 1 is 1.25 bits per heavy atom. The van der Waals surface area contributed by atoms with Gasteiger partial charge in [0.05, 0.1) is 17.0 Å². The molecule has 0 heterocycles. The lowest BCUT2D eigenvalue weighted by atomic mass is 10.1. The van der Waals surface area contributed by atoms with E-state index in [4.69, 9.17) is 16.9 Å². The number of anilines is 1. The van der Waals surface area contributed by atoms with Crippen molar-refractivity contribution >= 4 is 23.2 Å². The van der Waals surface area contributed by atoms with Crippen molar-refractivity contribution in [1.29, 1.82) is 5.26 Å². The van der Waals surface area contributed by atoms with E-state index >= 15 is 0 Å². The SMILES string of the molecule is N#Cc1ccc(NC(=O)Cc2ccc(F)cc2)cc1Cl. The summed E-state index contributed by atoms with van der Waals surface area (Å²) >= 11 is 5.88. The summed E-state index contributed by atoms with van der Waals surface area (Å²) in [7, 11) is 0. The molecule has 0 saturated heterocycles. The highest BCUT2D eigenvalue weighted by Gasteiger charge is 2.06. The number of amides is 1. The van der Waals surface area contributed by atoms with Crippen LogP contribution >= 0.6 is 11.6 Å².